The molecule has 0 spiro atoms. The van der Waals surface area contributed by atoms with Gasteiger partial charge in [-0.3, -0.25) is 14.6 Å². The van der Waals surface area contributed by atoms with Crippen LogP contribution in [0.15, 0.2) is 59.7 Å². The molecule has 4 N–H and O–H groups in total. The molecule has 2 aromatic rings. The van der Waals surface area contributed by atoms with Crippen LogP contribution < -0.4 is 16.1 Å². The Labute approximate surface area is 157 Å². The van der Waals surface area contributed by atoms with E-state index in [2.05, 4.69) is 10.4 Å². The van der Waals surface area contributed by atoms with Crippen LogP contribution in [0.25, 0.3) is 0 Å². The number of hydrogen-bond acceptors (Lipinski definition) is 5. The average Bonchev–Trinajstić information content (AvgIpc) is 3.13. The molecule has 0 saturated heterocycles. The van der Waals surface area contributed by atoms with Gasteiger partial charge in [0.25, 0.3) is 5.91 Å². The fraction of sp³-hybridized carbons (Fsp3) is 0.250. The molecule has 2 aromatic carbocycles. The molecule has 7 heteroatoms. The molecular formula is C20H22N4O3. The summed E-state index contributed by atoms with van der Waals surface area (Å²) in [5.41, 5.74) is 8.17. The molecule has 0 aromatic heterocycles. The zero-order valence-electron chi connectivity index (χ0n) is 15.0. The van der Waals surface area contributed by atoms with E-state index in [0.29, 0.717) is 12.2 Å². The van der Waals surface area contributed by atoms with Gasteiger partial charge in [-0.05, 0) is 30.2 Å². The molecule has 7 nitrogen and oxygen atoms in total. The highest BCUT2D eigenvalue weighted by Gasteiger charge is 2.34. The Morgan fingerprint density at radius 3 is 2.48 bits per heavy atom. The largest absolute Gasteiger partial charge is 0.389 e. The minimum atomic E-state index is -0.682. The second-order valence-electron chi connectivity index (χ2n) is 6.45. The Morgan fingerprint density at radius 1 is 1.22 bits per heavy atom. The van der Waals surface area contributed by atoms with Crippen molar-refractivity contribution >= 4 is 23.2 Å². The number of benzene rings is 2. The van der Waals surface area contributed by atoms with Crippen molar-refractivity contribution in [2.75, 3.05) is 5.01 Å². The first-order valence-corrected chi connectivity index (χ1v) is 8.72. The first-order valence-electron chi connectivity index (χ1n) is 8.72. The summed E-state index contributed by atoms with van der Waals surface area (Å²) in [5.74, 6) is -0.863. The van der Waals surface area contributed by atoms with E-state index in [0.717, 1.165) is 11.1 Å². The minimum absolute atomic E-state index is 0.164. The predicted molar refractivity (Wildman–Crippen MR) is 103 cm³/mol. The van der Waals surface area contributed by atoms with Crippen molar-refractivity contribution in [1.82, 2.24) is 5.32 Å². The normalized spacial score (nSPS) is 17.3. The van der Waals surface area contributed by atoms with Gasteiger partial charge in [0.05, 0.1) is 11.8 Å². The van der Waals surface area contributed by atoms with Crippen LogP contribution in [0.2, 0.25) is 0 Å². The fourth-order valence-corrected chi connectivity index (χ4v) is 2.89. The number of nitrogens with two attached hydrogens (primary N) is 1. The molecule has 0 radical (unpaired) electrons. The molecule has 140 valence electrons. The third-order valence-corrected chi connectivity index (χ3v) is 4.44. The number of aliphatic hydroxyl groups is 1. The number of nitrogens with one attached hydrogen (secondary N) is 1. The van der Waals surface area contributed by atoms with E-state index in [1.807, 2.05) is 54.6 Å². The number of carbonyl (C=O) groups excluding carboxylic acids is 2. The van der Waals surface area contributed by atoms with Crippen molar-refractivity contribution in [1.29, 1.82) is 0 Å². The molecule has 0 bridgehead atoms. The van der Waals surface area contributed by atoms with Gasteiger partial charge < -0.3 is 16.2 Å². The van der Waals surface area contributed by atoms with Gasteiger partial charge in [0, 0.05) is 13.0 Å². The number of aliphatic hydroxyl groups excluding tert-OH is 1. The number of para-hydroxylation sites is 1. The number of nitrogens with zero attached hydrogens (tertiary/aromatic N) is 2. The van der Waals surface area contributed by atoms with Gasteiger partial charge >= 0.3 is 0 Å². The summed E-state index contributed by atoms with van der Waals surface area (Å²) in [7, 11) is 0. The number of rotatable bonds is 6. The highest BCUT2D eigenvalue weighted by molar-refractivity contribution is 6.40. The van der Waals surface area contributed by atoms with E-state index < -0.39 is 18.1 Å². The number of anilines is 1. The standard InChI is InChI=1S/C20H22N4O3/c1-13(25)15-9-7-14(8-10-15)12-22-20(27)17-11-18(19(21)26)24(23-17)16-5-3-2-4-6-16/h2-10,13,18,25H,11-12H2,1H3,(H2,21,26)(H,22,27)/t13-,18-/m0/s1. The molecule has 27 heavy (non-hydrogen) atoms. The fourth-order valence-electron chi connectivity index (χ4n) is 2.89. The summed E-state index contributed by atoms with van der Waals surface area (Å²) in [4.78, 5) is 24.3. The van der Waals surface area contributed by atoms with Crippen LogP contribution in [0.1, 0.15) is 30.6 Å². The molecule has 1 aliphatic heterocycles. The van der Waals surface area contributed by atoms with Crippen LogP contribution in [0.5, 0.6) is 0 Å². The number of carbonyl (C=O) groups is 2. The maximum atomic E-state index is 12.5. The second-order valence-corrected chi connectivity index (χ2v) is 6.45. The Balaban J connectivity index is 1.68. The summed E-state index contributed by atoms with van der Waals surface area (Å²) >= 11 is 0. The van der Waals surface area contributed by atoms with Crippen molar-refractivity contribution in [3.63, 3.8) is 0 Å². The maximum absolute atomic E-state index is 12.5. The minimum Gasteiger partial charge on any atom is -0.389 e. The van der Waals surface area contributed by atoms with E-state index in [9.17, 15) is 14.7 Å². The highest BCUT2D eigenvalue weighted by atomic mass is 16.3. The quantitative estimate of drug-likeness (QED) is 0.719. The van der Waals surface area contributed by atoms with Gasteiger partial charge in [0.15, 0.2) is 0 Å². The zero-order valence-corrected chi connectivity index (χ0v) is 15.0. The molecule has 0 unspecified atom stereocenters. The zero-order chi connectivity index (χ0) is 19.4. The Morgan fingerprint density at radius 2 is 1.89 bits per heavy atom. The number of hydrogen-bond donors (Lipinski definition) is 3. The topological polar surface area (TPSA) is 108 Å². The Bertz CT molecular complexity index is 847. The maximum Gasteiger partial charge on any atom is 0.267 e. The van der Waals surface area contributed by atoms with Crippen LogP contribution in [0, 0.1) is 0 Å². The third-order valence-electron chi connectivity index (χ3n) is 4.44. The van der Waals surface area contributed by atoms with Crippen LogP contribution in [-0.4, -0.2) is 28.7 Å². The number of amides is 2. The van der Waals surface area contributed by atoms with E-state index >= 15 is 0 Å². The number of hydrazone groups is 1. The lowest BCUT2D eigenvalue weighted by Crippen LogP contribution is -2.39. The van der Waals surface area contributed by atoms with Gasteiger partial charge in [-0.15, -0.1) is 0 Å². The van der Waals surface area contributed by atoms with Crippen LogP contribution in [-0.2, 0) is 16.1 Å². The van der Waals surface area contributed by atoms with E-state index in [4.69, 9.17) is 5.73 Å². The van der Waals surface area contributed by atoms with E-state index in [1.54, 1.807) is 6.92 Å². The van der Waals surface area contributed by atoms with Gasteiger partial charge in [-0.25, -0.2) is 0 Å². The summed E-state index contributed by atoms with van der Waals surface area (Å²) in [6.07, 6.45) is -0.368. The average molecular weight is 366 g/mol. The SMILES string of the molecule is C[C@H](O)c1ccc(CNC(=O)C2=NN(c3ccccc3)[C@H](C(N)=O)C2)cc1. The molecule has 0 fully saturated rings. The lowest BCUT2D eigenvalue weighted by Gasteiger charge is -2.20. The van der Waals surface area contributed by atoms with Gasteiger partial charge in [-0.2, -0.15) is 5.10 Å². The van der Waals surface area contributed by atoms with E-state index in [-0.39, 0.29) is 18.0 Å². The van der Waals surface area contributed by atoms with E-state index in [1.165, 1.54) is 5.01 Å². The lowest BCUT2D eigenvalue weighted by atomic mass is 10.1. The molecular weight excluding hydrogens is 344 g/mol. The Kier molecular flexibility index (Phi) is 5.52. The van der Waals surface area contributed by atoms with Crippen molar-refractivity contribution in [2.24, 2.45) is 10.8 Å². The molecule has 2 amide bonds. The molecule has 3 rings (SSSR count). The van der Waals surface area contributed by atoms with Gasteiger partial charge in [0.2, 0.25) is 5.91 Å². The summed E-state index contributed by atoms with van der Waals surface area (Å²) in [6, 6.07) is 15.8. The molecule has 0 saturated carbocycles. The Hall–Kier alpha value is -3.19. The summed E-state index contributed by atoms with van der Waals surface area (Å²) in [6.45, 7) is 2.02. The second kappa shape index (κ2) is 8.01. The highest BCUT2D eigenvalue weighted by Crippen LogP contribution is 2.24. The van der Waals surface area contributed by atoms with Crippen LogP contribution >= 0.6 is 0 Å². The molecule has 1 heterocycles. The third kappa shape index (κ3) is 4.32. The van der Waals surface area contributed by atoms with Gasteiger partial charge in [-0.1, -0.05) is 42.5 Å². The lowest BCUT2D eigenvalue weighted by molar-refractivity contribution is -0.119. The summed E-state index contributed by atoms with van der Waals surface area (Å²) in [5, 5.41) is 18.2. The summed E-state index contributed by atoms with van der Waals surface area (Å²) < 4.78 is 0. The smallest absolute Gasteiger partial charge is 0.267 e. The van der Waals surface area contributed by atoms with Crippen molar-refractivity contribution in [2.45, 2.75) is 32.0 Å². The molecule has 1 aliphatic rings. The van der Waals surface area contributed by atoms with Crippen molar-refractivity contribution in [3.8, 4) is 0 Å². The van der Waals surface area contributed by atoms with Gasteiger partial charge in [0.1, 0.15) is 11.8 Å². The number of primary amides is 1. The molecule has 0 aliphatic carbocycles. The first kappa shape index (κ1) is 18.6. The first-order chi connectivity index (χ1) is 13.0. The van der Waals surface area contributed by atoms with Crippen molar-refractivity contribution in [3.05, 3.63) is 65.7 Å². The van der Waals surface area contributed by atoms with Crippen LogP contribution in [0.3, 0.4) is 0 Å². The predicted octanol–water partition coefficient (Wildman–Crippen LogP) is 1.48. The molecule has 2 atom stereocenters. The van der Waals surface area contributed by atoms with Crippen LogP contribution in [0.4, 0.5) is 5.69 Å². The van der Waals surface area contributed by atoms with Crippen molar-refractivity contribution < 1.29 is 14.7 Å². The monoisotopic (exact) mass is 366 g/mol.